The predicted octanol–water partition coefficient (Wildman–Crippen LogP) is 5.28. The van der Waals surface area contributed by atoms with Gasteiger partial charge in [-0.15, -0.1) is 0 Å². The lowest BCUT2D eigenvalue weighted by Crippen LogP contribution is -2.41. The highest BCUT2D eigenvalue weighted by atomic mass is 16.5. The van der Waals surface area contributed by atoms with Crippen molar-refractivity contribution < 1.29 is 28.6 Å². The van der Waals surface area contributed by atoms with E-state index in [1.807, 2.05) is 71.6 Å². The SMILES string of the molecule is COC(=O)c1ccc(C(=O)N2CCc3cc4ccc3C2c2cccc(c2)OCCCNC(=O)CCc2ccc(cc2)O4)nc1. The minimum absolute atomic E-state index is 0.00557. The Labute approximate surface area is 255 Å². The van der Waals surface area contributed by atoms with Crippen molar-refractivity contribution in [2.45, 2.75) is 31.7 Å². The molecule has 0 fully saturated rings. The molecule has 9 heteroatoms. The average Bonchev–Trinajstić information content (AvgIpc) is 3.06. The van der Waals surface area contributed by atoms with Crippen LogP contribution in [0.3, 0.4) is 0 Å². The summed E-state index contributed by atoms with van der Waals surface area (Å²) in [6.07, 6.45) is 3.71. The van der Waals surface area contributed by atoms with Gasteiger partial charge in [0.05, 0.1) is 25.3 Å². The first-order valence-electron chi connectivity index (χ1n) is 14.7. The molecule has 6 heterocycles. The Hall–Kier alpha value is -5.18. The second kappa shape index (κ2) is 13.0. The van der Waals surface area contributed by atoms with Gasteiger partial charge in [-0.25, -0.2) is 4.79 Å². The molecule has 0 aliphatic carbocycles. The molecule has 0 spiro atoms. The lowest BCUT2D eigenvalue weighted by Gasteiger charge is -2.38. The highest BCUT2D eigenvalue weighted by Crippen LogP contribution is 2.39. The Balaban J connectivity index is 1.36. The van der Waals surface area contributed by atoms with Crippen LogP contribution >= 0.6 is 0 Å². The van der Waals surface area contributed by atoms with E-state index in [4.69, 9.17) is 14.2 Å². The third-order valence-electron chi connectivity index (χ3n) is 7.89. The molecule has 224 valence electrons. The lowest BCUT2D eigenvalue weighted by atomic mass is 9.87. The van der Waals surface area contributed by atoms with E-state index in [-0.39, 0.29) is 23.1 Å². The van der Waals surface area contributed by atoms with E-state index >= 15 is 0 Å². The normalized spacial score (nSPS) is 16.6. The van der Waals surface area contributed by atoms with Crippen LogP contribution < -0.4 is 14.8 Å². The number of nitrogens with one attached hydrogen (secondary N) is 1. The van der Waals surface area contributed by atoms with Crippen molar-refractivity contribution in [3.63, 3.8) is 0 Å². The Morgan fingerprint density at radius 1 is 0.932 bits per heavy atom. The van der Waals surface area contributed by atoms with Crippen LogP contribution in [-0.4, -0.2) is 54.5 Å². The van der Waals surface area contributed by atoms with Gasteiger partial charge in [0.25, 0.3) is 5.91 Å². The maximum Gasteiger partial charge on any atom is 0.339 e. The zero-order valence-electron chi connectivity index (χ0n) is 24.5. The topological polar surface area (TPSA) is 107 Å². The maximum absolute atomic E-state index is 13.9. The van der Waals surface area contributed by atoms with Crippen molar-refractivity contribution >= 4 is 17.8 Å². The molecule has 44 heavy (non-hydrogen) atoms. The monoisotopic (exact) mass is 591 g/mol. The van der Waals surface area contributed by atoms with Crippen LogP contribution in [0.5, 0.6) is 17.2 Å². The molecular weight excluding hydrogens is 558 g/mol. The van der Waals surface area contributed by atoms with E-state index in [0.29, 0.717) is 62.6 Å². The van der Waals surface area contributed by atoms with Gasteiger partial charge in [-0.05, 0) is 90.0 Å². The van der Waals surface area contributed by atoms with Gasteiger partial charge in [-0.2, -0.15) is 0 Å². The number of esters is 1. The van der Waals surface area contributed by atoms with Crippen LogP contribution in [0, 0.1) is 0 Å². The van der Waals surface area contributed by atoms with Crippen LogP contribution in [0.1, 0.15) is 62.0 Å². The number of carbonyl (C=O) groups is 3. The average molecular weight is 592 g/mol. The Bertz CT molecular complexity index is 1670. The van der Waals surface area contributed by atoms with E-state index in [2.05, 4.69) is 10.3 Å². The number of hydrogen-bond donors (Lipinski definition) is 1. The van der Waals surface area contributed by atoms with Crippen LogP contribution in [0.2, 0.25) is 0 Å². The van der Waals surface area contributed by atoms with E-state index < -0.39 is 12.0 Å². The molecule has 0 saturated heterocycles. The number of ether oxygens (including phenoxy) is 3. The number of benzene rings is 3. The van der Waals surface area contributed by atoms with E-state index in [1.165, 1.54) is 13.3 Å². The molecule has 0 radical (unpaired) electrons. The van der Waals surface area contributed by atoms with Gasteiger partial charge in [0, 0.05) is 25.7 Å². The molecule has 9 rings (SSSR count). The van der Waals surface area contributed by atoms with Gasteiger partial charge >= 0.3 is 5.97 Å². The van der Waals surface area contributed by atoms with Crippen molar-refractivity contribution in [3.05, 3.63) is 119 Å². The minimum atomic E-state index is -0.512. The molecule has 5 aliphatic heterocycles. The number of aromatic nitrogens is 1. The molecule has 3 aromatic carbocycles. The fourth-order valence-electron chi connectivity index (χ4n) is 5.62. The van der Waals surface area contributed by atoms with E-state index in [9.17, 15) is 14.4 Å². The Morgan fingerprint density at radius 2 is 1.77 bits per heavy atom. The summed E-state index contributed by atoms with van der Waals surface area (Å²) in [7, 11) is 1.30. The third kappa shape index (κ3) is 6.41. The molecule has 4 aromatic rings. The largest absolute Gasteiger partial charge is 0.494 e. The first kappa shape index (κ1) is 28.9. The van der Waals surface area contributed by atoms with Crippen molar-refractivity contribution in [2.24, 2.45) is 0 Å². The maximum atomic E-state index is 13.9. The summed E-state index contributed by atoms with van der Waals surface area (Å²) in [6, 6.07) is 24.2. The molecule has 8 bridgehead atoms. The molecular formula is C35H33N3O6. The fourth-order valence-corrected chi connectivity index (χ4v) is 5.62. The minimum Gasteiger partial charge on any atom is -0.494 e. The molecule has 2 amide bonds. The number of nitrogens with zero attached hydrogens (tertiary/aromatic N) is 2. The quantitative estimate of drug-likeness (QED) is 0.316. The lowest BCUT2D eigenvalue weighted by molar-refractivity contribution is -0.121. The smallest absolute Gasteiger partial charge is 0.339 e. The van der Waals surface area contributed by atoms with Crippen LogP contribution in [-0.2, 0) is 22.4 Å². The zero-order valence-corrected chi connectivity index (χ0v) is 24.5. The van der Waals surface area contributed by atoms with Crippen molar-refractivity contribution in [1.29, 1.82) is 0 Å². The third-order valence-corrected chi connectivity index (χ3v) is 7.89. The summed E-state index contributed by atoms with van der Waals surface area (Å²) >= 11 is 0. The number of rotatable bonds is 2. The first-order chi connectivity index (χ1) is 21.5. The summed E-state index contributed by atoms with van der Waals surface area (Å²) in [6.45, 7) is 1.42. The van der Waals surface area contributed by atoms with Gasteiger partial charge in [-0.3, -0.25) is 14.6 Å². The van der Waals surface area contributed by atoms with E-state index in [1.54, 1.807) is 12.1 Å². The van der Waals surface area contributed by atoms with E-state index in [0.717, 1.165) is 22.3 Å². The summed E-state index contributed by atoms with van der Waals surface area (Å²) in [5, 5.41) is 2.96. The molecule has 5 aliphatic rings. The van der Waals surface area contributed by atoms with Crippen molar-refractivity contribution in [1.82, 2.24) is 15.2 Å². The highest BCUT2D eigenvalue weighted by Gasteiger charge is 2.34. The van der Waals surface area contributed by atoms with Crippen LogP contribution in [0.4, 0.5) is 0 Å². The Kier molecular flexibility index (Phi) is 8.54. The summed E-state index contributed by atoms with van der Waals surface area (Å²) in [5.74, 6) is 1.34. The number of aryl methyl sites for hydroxylation is 1. The predicted molar refractivity (Wildman–Crippen MR) is 163 cm³/mol. The molecule has 1 unspecified atom stereocenters. The number of amides is 2. The molecule has 1 atom stereocenters. The number of pyridine rings is 1. The number of carbonyl (C=O) groups excluding carboxylic acids is 3. The van der Waals surface area contributed by atoms with Gasteiger partial charge in [0.15, 0.2) is 0 Å². The second-order valence-electron chi connectivity index (χ2n) is 10.8. The van der Waals surface area contributed by atoms with Gasteiger partial charge < -0.3 is 24.4 Å². The molecule has 0 saturated carbocycles. The second-order valence-corrected chi connectivity index (χ2v) is 10.8. The molecule has 1 N–H and O–H groups in total. The molecule has 9 nitrogen and oxygen atoms in total. The number of hydrogen-bond acceptors (Lipinski definition) is 7. The fraction of sp³-hybridized carbons (Fsp3) is 0.257. The Morgan fingerprint density at radius 3 is 2.57 bits per heavy atom. The number of methoxy groups -OCH3 is 1. The summed E-state index contributed by atoms with van der Waals surface area (Å²) in [4.78, 5) is 44.3. The zero-order chi connectivity index (χ0) is 30.5. The van der Waals surface area contributed by atoms with Gasteiger partial charge in [0.1, 0.15) is 22.9 Å². The van der Waals surface area contributed by atoms with Crippen LogP contribution in [0.25, 0.3) is 0 Å². The highest BCUT2D eigenvalue weighted by molar-refractivity contribution is 5.94. The van der Waals surface area contributed by atoms with Crippen molar-refractivity contribution in [2.75, 3.05) is 26.8 Å². The summed E-state index contributed by atoms with van der Waals surface area (Å²) < 4.78 is 17.0. The summed E-state index contributed by atoms with van der Waals surface area (Å²) in [5.41, 5.74) is 4.55. The van der Waals surface area contributed by atoms with Crippen molar-refractivity contribution in [3.8, 4) is 17.2 Å². The van der Waals surface area contributed by atoms with Gasteiger partial charge in [0.2, 0.25) is 5.91 Å². The van der Waals surface area contributed by atoms with Gasteiger partial charge in [-0.1, -0.05) is 30.3 Å². The molecule has 1 aromatic heterocycles. The first-order valence-corrected chi connectivity index (χ1v) is 14.7. The standard InChI is InChI=1S/C35H33N3O6/c1-42-35(41)26-9-14-31(37-22-26)34(40)38-18-16-24-20-29-12-13-30(24)33(38)25-4-2-5-28(21-25)43-19-3-17-36-32(39)15-8-23-6-10-27(44-29)11-7-23/h2,4-7,9-14,20-22,33H,3,8,15-19H2,1H3,(H,36,39). The van der Waals surface area contributed by atoms with Crippen LogP contribution in [0.15, 0.2) is 85.1 Å².